The molecule has 0 aliphatic rings. The second kappa shape index (κ2) is 13.2. The zero-order valence-corrected chi connectivity index (χ0v) is 23.2. The molecular weight excluding hydrogens is 539 g/mol. The topological polar surface area (TPSA) is 130 Å². The lowest BCUT2D eigenvalue weighted by Gasteiger charge is -2.33. The Kier molecular flexibility index (Phi) is 9.94. The number of hydrogen-bond acceptors (Lipinski definition) is 6. The van der Waals surface area contributed by atoms with E-state index in [0.29, 0.717) is 5.56 Å². The molecule has 12 heteroatoms. The van der Waals surface area contributed by atoms with Crippen LogP contribution in [0.1, 0.15) is 32.8 Å². The average molecular weight is 571 g/mol. The van der Waals surface area contributed by atoms with Crippen LogP contribution in [0.15, 0.2) is 83.8 Å². The molecule has 0 heterocycles. The average Bonchev–Trinajstić information content (AvgIpc) is 2.92. The van der Waals surface area contributed by atoms with Crippen LogP contribution in [0.2, 0.25) is 0 Å². The number of nitro groups is 1. The van der Waals surface area contributed by atoms with E-state index in [1.54, 1.807) is 26.8 Å². The number of non-ortho nitro benzene ring substituents is 1. The minimum absolute atomic E-state index is 0.0317. The molecule has 0 saturated heterocycles. The molecule has 0 aromatic heterocycles. The predicted molar refractivity (Wildman–Crippen MR) is 148 cm³/mol. The normalized spacial score (nSPS) is 12.0. The molecule has 0 unspecified atom stereocenters. The van der Waals surface area contributed by atoms with Crippen LogP contribution in [0.5, 0.6) is 0 Å². The molecule has 0 spiro atoms. The van der Waals surface area contributed by atoms with Gasteiger partial charge in [0.05, 0.1) is 15.5 Å². The van der Waals surface area contributed by atoms with Crippen molar-refractivity contribution in [3.63, 3.8) is 0 Å². The van der Waals surface area contributed by atoms with Crippen LogP contribution >= 0.6 is 0 Å². The van der Waals surface area contributed by atoms with E-state index in [-0.39, 0.29) is 35.3 Å². The van der Waals surface area contributed by atoms with Gasteiger partial charge < -0.3 is 10.2 Å². The Morgan fingerprint density at radius 2 is 1.57 bits per heavy atom. The van der Waals surface area contributed by atoms with Crippen LogP contribution in [-0.4, -0.2) is 48.7 Å². The van der Waals surface area contributed by atoms with Crippen LogP contribution in [0.25, 0.3) is 0 Å². The van der Waals surface area contributed by atoms with E-state index in [1.165, 1.54) is 65.6 Å². The monoisotopic (exact) mass is 570 g/mol. The molecule has 0 bridgehead atoms. The lowest BCUT2D eigenvalue weighted by molar-refractivity contribution is -0.384. The van der Waals surface area contributed by atoms with Gasteiger partial charge in [-0.15, -0.1) is 0 Å². The quantitative estimate of drug-likeness (QED) is 0.256. The molecule has 10 nitrogen and oxygen atoms in total. The van der Waals surface area contributed by atoms with Crippen molar-refractivity contribution in [1.29, 1.82) is 0 Å². The third kappa shape index (κ3) is 7.41. The summed E-state index contributed by atoms with van der Waals surface area (Å²) in [5.74, 6) is -1.57. The van der Waals surface area contributed by atoms with Crippen LogP contribution in [0, 0.1) is 15.9 Å². The van der Waals surface area contributed by atoms with Gasteiger partial charge in [-0.1, -0.05) is 37.3 Å². The van der Waals surface area contributed by atoms with Crippen LogP contribution in [0.4, 0.5) is 15.8 Å². The maximum absolute atomic E-state index is 13.9. The molecule has 3 aromatic carbocycles. The molecule has 0 aliphatic carbocycles. The Bertz CT molecular complexity index is 1430. The zero-order valence-electron chi connectivity index (χ0n) is 22.4. The second-order valence-electron chi connectivity index (χ2n) is 9.33. The van der Waals surface area contributed by atoms with E-state index in [4.69, 9.17) is 0 Å². The van der Waals surface area contributed by atoms with Crippen molar-refractivity contribution in [2.75, 3.05) is 10.8 Å². The van der Waals surface area contributed by atoms with Gasteiger partial charge in [0, 0.05) is 24.7 Å². The highest BCUT2D eigenvalue weighted by atomic mass is 32.2. The van der Waals surface area contributed by atoms with Gasteiger partial charge in [-0.05, 0) is 62.2 Å². The number of anilines is 1. The first kappa shape index (κ1) is 30.2. The number of sulfonamides is 1. The Labute approximate surface area is 232 Å². The molecule has 3 rings (SSSR count). The fraction of sp³-hybridized carbons (Fsp3) is 0.286. The lowest BCUT2D eigenvalue weighted by Crippen LogP contribution is -2.53. The van der Waals surface area contributed by atoms with E-state index < -0.39 is 45.2 Å². The number of nitrogens with one attached hydrogen (secondary N) is 1. The van der Waals surface area contributed by atoms with Gasteiger partial charge in [-0.3, -0.25) is 24.0 Å². The fourth-order valence-corrected chi connectivity index (χ4v) is 5.51. The molecule has 0 fully saturated rings. The van der Waals surface area contributed by atoms with Crippen LogP contribution in [-0.2, 0) is 26.2 Å². The molecule has 212 valence electrons. The Morgan fingerprint density at radius 1 is 0.975 bits per heavy atom. The number of carbonyl (C=O) groups excluding carboxylic acids is 2. The van der Waals surface area contributed by atoms with Gasteiger partial charge in [0.2, 0.25) is 11.8 Å². The number of nitro benzene ring substituents is 1. The summed E-state index contributed by atoms with van der Waals surface area (Å²) in [6.45, 7) is 4.51. The van der Waals surface area contributed by atoms with Gasteiger partial charge >= 0.3 is 0 Å². The first-order chi connectivity index (χ1) is 18.9. The number of nitrogens with zero attached hydrogens (tertiary/aromatic N) is 3. The third-order valence-electron chi connectivity index (χ3n) is 6.04. The highest BCUT2D eigenvalue weighted by molar-refractivity contribution is 7.92. The molecular formula is C28H31FN4O6S. The first-order valence-corrected chi connectivity index (χ1v) is 14.0. The number of benzene rings is 3. The summed E-state index contributed by atoms with van der Waals surface area (Å²) in [6.07, 6.45) is 0.231. The standard InChI is InChI=1S/C28H31FN4O6S/c1-4-26(28(35)30-20(2)3)31(18-21-10-12-22(29)13-11-21)27(34)19-32(23-14-16-24(17-15-23)33(36)37)40(38,39)25-8-6-5-7-9-25/h5-17,20,26H,4,18-19H2,1-3H3,(H,30,35)/t26-/m1/s1. The molecule has 40 heavy (non-hydrogen) atoms. The van der Waals surface area contributed by atoms with Crippen molar-refractivity contribution in [3.05, 3.63) is 100 Å². The van der Waals surface area contributed by atoms with Crippen LogP contribution in [0.3, 0.4) is 0 Å². The maximum Gasteiger partial charge on any atom is 0.269 e. The molecule has 3 aromatic rings. The summed E-state index contributed by atoms with van der Waals surface area (Å²) in [5, 5.41) is 14.0. The molecule has 0 saturated carbocycles. The van der Waals surface area contributed by atoms with Gasteiger partial charge in [0.25, 0.3) is 15.7 Å². The summed E-state index contributed by atoms with van der Waals surface area (Å²) in [5.41, 5.74) is 0.323. The minimum atomic E-state index is -4.30. The number of halogens is 1. The van der Waals surface area contributed by atoms with Gasteiger partial charge in [0.15, 0.2) is 0 Å². The lowest BCUT2D eigenvalue weighted by atomic mass is 10.1. The summed E-state index contributed by atoms with van der Waals surface area (Å²) < 4.78 is 41.9. The van der Waals surface area contributed by atoms with Crippen LogP contribution < -0.4 is 9.62 Å². The first-order valence-electron chi connectivity index (χ1n) is 12.6. The highest BCUT2D eigenvalue weighted by Crippen LogP contribution is 2.26. The van der Waals surface area contributed by atoms with E-state index >= 15 is 0 Å². The van der Waals surface area contributed by atoms with E-state index in [0.717, 1.165) is 16.4 Å². The van der Waals surface area contributed by atoms with Crippen molar-refractivity contribution in [2.24, 2.45) is 0 Å². The van der Waals surface area contributed by atoms with E-state index in [2.05, 4.69) is 5.32 Å². The Balaban J connectivity index is 2.06. The summed E-state index contributed by atoms with van der Waals surface area (Å²) >= 11 is 0. The smallest absolute Gasteiger partial charge is 0.269 e. The van der Waals surface area contributed by atoms with E-state index in [9.17, 15) is 32.5 Å². The molecule has 2 amide bonds. The SMILES string of the molecule is CC[C@H](C(=O)NC(C)C)N(Cc1ccc(F)cc1)C(=O)CN(c1ccc([N+](=O)[O-])cc1)S(=O)(=O)c1ccccc1. The van der Waals surface area contributed by atoms with E-state index in [1.807, 2.05) is 0 Å². The summed E-state index contributed by atoms with van der Waals surface area (Å²) in [6, 6.07) is 16.5. The highest BCUT2D eigenvalue weighted by Gasteiger charge is 2.34. The van der Waals surface area contributed by atoms with Gasteiger partial charge in [-0.25, -0.2) is 12.8 Å². The minimum Gasteiger partial charge on any atom is -0.352 e. The Hall–Kier alpha value is -4.32. The third-order valence-corrected chi connectivity index (χ3v) is 7.83. The molecule has 0 aliphatic heterocycles. The number of carbonyl (C=O) groups is 2. The van der Waals surface area contributed by atoms with Crippen molar-refractivity contribution < 1.29 is 27.3 Å². The Morgan fingerprint density at radius 3 is 2.10 bits per heavy atom. The molecule has 1 N–H and O–H groups in total. The van der Waals surface area contributed by atoms with Crippen molar-refractivity contribution in [1.82, 2.24) is 10.2 Å². The largest absolute Gasteiger partial charge is 0.352 e. The number of rotatable bonds is 12. The van der Waals surface area contributed by atoms with Crippen molar-refractivity contribution in [3.8, 4) is 0 Å². The predicted octanol–water partition coefficient (Wildman–Crippen LogP) is 4.26. The second-order valence-corrected chi connectivity index (χ2v) is 11.2. The summed E-state index contributed by atoms with van der Waals surface area (Å²) in [4.78, 5) is 38.7. The van der Waals surface area contributed by atoms with Crippen molar-refractivity contribution >= 4 is 33.2 Å². The molecule has 1 atom stereocenters. The number of hydrogen-bond donors (Lipinski definition) is 1. The van der Waals surface area contributed by atoms with Gasteiger partial charge in [0.1, 0.15) is 18.4 Å². The summed E-state index contributed by atoms with van der Waals surface area (Å²) in [7, 11) is -4.30. The maximum atomic E-state index is 13.9. The van der Waals surface area contributed by atoms with Gasteiger partial charge in [-0.2, -0.15) is 0 Å². The molecule has 0 radical (unpaired) electrons. The number of amides is 2. The van der Waals surface area contributed by atoms with Crippen molar-refractivity contribution in [2.45, 2.75) is 50.7 Å². The fourth-order valence-electron chi connectivity index (χ4n) is 4.08. The zero-order chi connectivity index (χ0) is 29.4.